The van der Waals surface area contributed by atoms with Crippen molar-refractivity contribution in [2.75, 3.05) is 29.5 Å². The van der Waals surface area contributed by atoms with Crippen molar-refractivity contribution in [2.24, 2.45) is 5.73 Å². The van der Waals surface area contributed by atoms with Crippen molar-refractivity contribution >= 4 is 17.4 Å². The van der Waals surface area contributed by atoms with Gasteiger partial charge in [-0.2, -0.15) is 11.8 Å². The number of rotatable bonds is 3. The van der Waals surface area contributed by atoms with Gasteiger partial charge >= 0.3 is 0 Å². The second-order valence-corrected chi connectivity index (χ2v) is 6.03. The standard InChI is InChI=1S/C14H22N2S/c1-12(15)11-13-3-5-14(6-4-13)16-7-2-9-17-10-8-16/h3-6,12H,2,7-11,15H2,1H3. The van der Waals surface area contributed by atoms with E-state index >= 15 is 0 Å². The van der Waals surface area contributed by atoms with Crippen LogP contribution in [0.2, 0.25) is 0 Å². The fourth-order valence-corrected chi connectivity index (χ4v) is 3.11. The third-order valence-electron chi connectivity index (χ3n) is 3.08. The lowest BCUT2D eigenvalue weighted by Gasteiger charge is -2.22. The first-order valence-electron chi connectivity index (χ1n) is 6.43. The summed E-state index contributed by atoms with van der Waals surface area (Å²) >= 11 is 2.07. The van der Waals surface area contributed by atoms with Gasteiger partial charge in [0.05, 0.1) is 0 Å². The Hall–Kier alpha value is -0.670. The van der Waals surface area contributed by atoms with Crippen molar-refractivity contribution in [2.45, 2.75) is 25.8 Å². The van der Waals surface area contributed by atoms with Crippen molar-refractivity contribution < 1.29 is 0 Å². The third kappa shape index (κ3) is 3.93. The highest BCUT2D eigenvalue weighted by Gasteiger charge is 2.09. The predicted octanol–water partition coefficient (Wildman–Crippen LogP) is 2.52. The number of nitrogens with zero attached hydrogens (tertiary/aromatic N) is 1. The van der Waals surface area contributed by atoms with Crippen LogP contribution < -0.4 is 10.6 Å². The molecule has 0 radical (unpaired) electrons. The van der Waals surface area contributed by atoms with E-state index in [0.717, 1.165) is 6.42 Å². The molecule has 1 saturated heterocycles. The molecule has 94 valence electrons. The average Bonchev–Trinajstić information content (AvgIpc) is 2.58. The summed E-state index contributed by atoms with van der Waals surface area (Å²) in [7, 11) is 0. The molecule has 2 N–H and O–H groups in total. The lowest BCUT2D eigenvalue weighted by molar-refractivity contribution is 0.737. The molecule has 0 aromatic heterocycles. The van der Waals surface area contributed by atoms with Crippen LogP contribution in [-0.2, 0) is 6.42 Å². The van der Waals surface area contributed by atoms with Gasteiger partial charge < -0.3 is 10.6 Å². The van der Waals surface area contributed by atoms with Crippen LogP contribution in [0.3, 0.4) is 0 Å². The molecule has 17 heavy (non-hydrogen) atoms. The molecule has 1 heterocycles. The molecule has 0 aliphatic carbocycles. The van der Waals surface area contributed by atoms with Crippen LogP contribution in [0.25, 0.3) is 0 Å². The minimum atomic E-state index is 0.246. The van der Waals surface area contributed by atoms with E-state index in [1.165, 1.54) is 42.3 Å². The Morgan fingerprint density at radius 3 is 2.71 bits per heavy atom. The average molecular weight is 250 g/mol. The zero-order valence-corrected chi connectivity index (χ0v) is 11.4. The maximum atomic E-state index is 5.81. The van der Waals surface area contributed by atoms with Gasteiger partial charge in [0.25, 0.3) is 0 Å². The minimum Gasteiger partial charge on any atom is -0.371 e. The molecule has 1 unspecified atom stereocenters. The first-order valence-corrected chi connectivity index (χ1v) is 7.58. The fourth-order valence-electron chi connectivity index (χ4n) is 2.22. The van der Waals surface area contributed by atoms with Gasteiger partial charge in [0.2, 0.25) is 0 Å². The zero-order valence-electron chi connectivity index (χ0n) is 10.6. The monoisotopic (exact) mass is 250 g/mol. The first kappa shape index (κ1) is 12.8. The van der Waals surface area contributed by atoms with E-state index in [4.69, 9.17) is 5.73 Å². The maximum absolute atomic E-state index is 5.81. The van der Waals surface area contributed by atoms with Gasteiger partial charge in [-0.25, -0.2) is 0 Å². The molecule has 3 heteroatoms. The van der Waals surface area contributed by atoms with Crippen LogP contribution in [0.15, 0.2) is 24.3 Å². The molecule has 1 aromatic carbocycles. The highest BCUT2D eigenvalue weighted by atomic mass is 32.2. The third-order valence-corrected chi connectivity index (χ3v) is 4.13. The molecule has 1 fully saturated rings. The molecule has 2 nitrogen and oxygen atoms in total. The number of anilines is 1. The Morgan fingerprint density at radius 2 is 2.00 bits per heavy atom. The van der Waals surface area contributed by atoms with Crippen molar-refractivity contribution in [3.8, 4) is 0 Å². The van der Waals surface area contributed by atoms with Crippen LogP contribution in [0.1, 0.15) is 18.9 Å². The maximum Gasteiger partial charge on any atom is 0.0366 e. The first-order chi connectivity index (χ1) is 8.25. The van der Waals surface area contributed by atoms with Crippen LogP contribution in [0.5, 0.6) is 0 Å². The number of hydrogen-bond donors (Lipinski definition) is 1. The molecular weight excluding hydrogens is 228 g/mol. The molecule has 1 aliphatic rings. The quantitative estimate of drug-likeness (QED) is 0.894. The lowest BCUT2D eigenvalue weighted by Crippen LogP contribution is -2.25. The van der Waals surface area contributed by atoms with Gasteiger partial charge in [-0.05, 0) is 43.2 Å². The van der Waals surface area contributed by atoms with Gasteiger partial charge in [-0.15, -0.1) is 0 Å². The largest absolute Gasteiger partial charge is 0.371 e. The molecule has 1 aliphatic heterocycles. The molecule has 1 atom stereocenters. The molecule has 0 amide bonds. The summed E-state index contributed by atoms with van der Waals surface area (Å²) in [4.78, 5) is 2.50. The van der Waals surface area contributed by atoms with Gasteiger partial charge in [0.15, 0.2) is 0 Å². The van der Waals surface area contributed by atoms with E-state index in [1.807, 2.05) is 0 Å². The van der Waals surface area contributed by atoms with Crippen LogP contribution in [0, 0.1) is 0 Å². The van der Waals surface area contributed by atoms with Crippen molar-refractivity contribution in [1.29, 1.82) is 0 Å². The van der Waals surface area contributed by atoms with E-state index in [1.54, 1.807) is 0 Å². The van der Waals surface area contributed by atoms with Crippen LogP contribution in [-0.4, -0.2) is 30.6 Å². The van der Waals surface area contributed by atoms with E-state index < -0.39 is 0 Å². The van der Waals surface area contributed by atoms with Crippen LogP contribution in [0.4, 0.5) is 5.69 Å². The van der Waals surface area contributed by atoms with Gasteiger partial charge in [-0.1, -0.05) is 12.1 Å². The Bertz CT molecular complexity index is 327. The van der Waals surface area contributed by atoms with E-state index in [2.05, 4.69) is 47.9 Å². The smallest absolute Gasteiger partial charge is 0.0366 e. The van der Waals surface area contributed by atoms with Crippen LogP contribution >= 0.6 is 11.8 Å². The topological polar surface area (TPSA) is 29.3 Å². The van der Waals surface area contributed by atoms with Gasteiger partial charge in [0.1, 0.15) is 0 Å². The molecular formula is C14H22N2S. The van der Waals surface area contributed by atoms with Crippen molar-refractivity contribution in [3.63, 3.8) is 0 Å². The highest BCUT2D eigenvalue weighted by Crippen LogP contribution is 2.20. The molecule has 0 bridgehead atoms. The van der Waals surface area contributed by atoms with E-state index in [0.29, 0.717) is 0 Å². The number of thioether (sulfide) groups is 1. The summed E-state index contributed by atoms with van der Waals surface area (Å²) in [5, 5.41) is 0. The summed E-state index contributed by atoms with van der Waals surface area (Å²) in [6.07, 6.45) is 2.27. The summed E-state index contributed by atoms with van der Waals surface area (Å²) in [5.41, 5.74) is 8.52. The summed E-state index contributed by atoms with van der Waals surface area (Å²) < 4.78 is 0. The summed E-state index contributed by atoms with van der Waals surface area (Å²) in [6.45, 7) is 4.43. The molecule has 2 rings (SSSR count). The summed E-state index contributed by atoms with van der Waals surface area (Å²) in [6, 6.07) is 9.17. The van der Waals surface area contributed by atoms with Gasteiger partial charge in [-0.3, -0.25) is 0 Å². The normalized spacial score (nSPS) is 18.8. The minimum absolute atomic E-state index is 0.246. The second kappa shape index (κ2) is 6.31. The zero-order chi connectivity index (χ0) is 12.1. The second-order valence-electron chi connectivity index (χ2n) is 4.80. The molecule has 0 saturated carbocycles. The fraction of sp³-hybridized carbons (Fsp3) is 0.571. The Kier molecular flexibility index (Phi) is 4.75. The Labute approximate surface area is 109 Å². The lowest BCUT2D eigenvalue weighted by atomic mass is 10.1. The van der Waals surface area contributed by atoms with Crippen molar-refractivity contribution in [3.05, 3.63) is 29.8 Å². The summed E-state index contributed by atoms with van der Waals surface area (Å²) in [5.74, 6) is 2.56. The Balaban J connectivity index is 2.00. The Morgan fingerprint density at radius 1 is 1.24 bits per heavy atom. The highest BCUT2D eigenvalue weighted by molar-refractivity contribution is 7.99. The predicted molar refractivity (Wildman–Crippen MR) is 78.0 cm³/mol. The number of benzene rings is 1. The SMILES string of the molecule is CC(N)Cc1ccc(N2CCCSCC2)cc1. The van der Waals surface area contributed by atoms with Crippen molar-refractivity contribution in [1.82, 2.24) is 0 Å². The number of nitrogens with two attached hydrogens (primary N) is 1. The van der Waals surface area contributed by atoms with Gasteiger partial charge in [0, 0.05) is 30.6 Å². The number of hydrogen-bond acceptors (Lipinski definition) is 3. The molecule has 1 aromatic rings. The molecule has 0 spiro atoms. The van der Waals surface area contributed by atoms with E-state index in [-0.39, 0.29) is 6.04 Å². The van der Waals surface area contributed by atoms with E-state index in [9.17, 15) is 0 Å².